The van der Waals surface area contributed by atoms with Crippen LogP contribution in [0, 0.1) is 0 Å². The fourth-order valence-corrected chi connectivity index (χ4v) is 2.20. The van der Waals surface area contributed by atoms with Crippen molar-refractivity contribution in [2.45, 2.75) is 25.9 Å². The van der Waals surface area contributed by atoms with E-state index in [1.54, 1.807) is 7.11 Å². The number of benzene rings is 1. The fourth-order valence-electron chi connectivity index (χ4n) is 2.20. The van der Waals surface area contributed by atoms with Crippen LogP contribution in [0.15, 0.2) is 36.7 Å². The molecule has 1 aromatic heterocycles. The highest BCUT2D eigenvalue weighted by molar-refractivity contribution is 5.34. The van der Waals surface area contributed by atoms with Gasteiger partial charge in [0.25, 0.3) is 0 Å². The summed E-state index contributed by atoms with van der Waals surface area (Å²) in [4.78, 5) is 0. The van der Waals surface area contributed by atoms with E-state index in [1.165, 1.54) is 11.1 Å². The number of rotatable bonds is 6. The Labute approximate surface area is 114 Å². The number of nitrogens with zero attached hydrogens (tertiary/aromatic N) is 2. The predicted octanol–water partition coefficient (Wildman–Crippen LogP) is 2.61. The van der Waals surface area contributed by atoms with Crippen LogP contribution in [0.5, 0.6) is 5.75 Å². The molecule has 0 amide bonds. The largest absolute Gasteiger partial charge is 0.497 e. The Bertz CT molecular complexity index is 504. The molecule has 0 aliphatic rings. The van der Waals surface area contributed by atoms with Gasteiger partial charge in [0, 0.05) is 18.3 Å². The Morgan fingerprint density at radius 2 is 2.00 bits per heavy atom. The number of nitrogens with one attached hydrogen (secondary N) is 1. The number of aromatic nitrogens is 2. The molecule has 0 aliphatic heterocycles. The summed E-state index contributed by atoms with van der Waals surface area (Å²) in [5, 5.41) is 7.72. The second-order valence-electron chi connectivity index (χ2n) is 4.53. The Balaban J connectivity index is 2.21. The monoisotopic (exact) mass is 259 g/mol. The molecule has 0 fully saturated rings. The maximum absolute atomic E-state index is 5.19. The number of aryl methyl sites for hydroxylation is 1. The SMILES string of the molecule is CCCn1cc(C(NC)c2ccc(OC)cc2)cn1. The molecule has 1 unspecified atom stereocenters. The first-order chi connectivity index (χ1) is 9.28. The summed E-state index contributed by atoms with van der Waals surface area (Å²) in [5.41, 5.74) is 2.39. The molecule has 1 atom stereocenters. The third kappa shape index (κ3) is 3.15. The number of ether oxygens (including phenoxy) is 1. The van der Waals surface area contributed by atoms with Crippen LogP contribution in [-0.2, 0) is 6.54 Å². The summed E-state index contributed by atoms with van der Waals surface area (Å²) in [6, 6.07) is 8.29. The zero-order valence-corrected chi connectivity index (χ0v) is 11.8. The Morgan fingerprint density at radius 3 is 2.58 bits per heavy atom. The van der Waals surface area contributed by atoms with Crippen LogP contribution in [0.1, 0.15) is 30.5 Å². The zero-order valence-electron chi connectivity index (χ0n) is 11.8. The van der Waals surface area contributed by atoms with Crippen LogP contribution in [-0.4, -0.2) is 23.9 Å². The summed E-state index contributed by atoms with van der Waals surface area (Å²) in [6.45, 7) is 3.11. The molecule has 2 rings (SSSR count). The third-order valence-electron chi connectivity index (χ3n) is 3.18. The lowest BCUT2D eigenvalue weighted by Crippen LogP contribution is -2.17. The topological polar surface area (TPSA) is 39.1 Å². The lowest BCUT2D eigenvalue weighted by Gasteiger charge is -2.15. The first kappa shape index (κ1) is 13.6. The molecule has 19 heavy (non-hydrogen) atoms. The highest BCUT2D eigenvalue weighted by Gasteiger charge is 2.13. The second-order valence-corrected chi connectivity index (χ2v) is 4.53. The molecule has 0 bridgehead atoms. The van der Waals surface area contributed by atoms with E-state index >= 15 is 0 Å². The standard InChI is InChI=1S/C15H21N3O/c1-4-9-18-11-13(10-17-18)15(16-2)12-5-7-14(19-3)8-6-12/h5-8,10-11,15-16H,4,9H2,1-3H3. The number of methoxy groups -OCH3 is 1. The highest BCUT2D eigenvalue weighted by Crippen LogP contribution is 2.23. The second kappa shape index (κ2) is 6.38. The molecule has 0 saturated heterocycles. The average molecular weight is 259 g/mol. The number of hydrogen-bond acceptors (Lipinski definition) is 3. The maximum Gasteiger partial charge on any atom is 0.118 e. The minimum absolute atomic E-state index is 0.163. The van der Waals surface area contributed by atoms with Crippen LogP contribution in [0.3, 0.4) is 0 Å². The molecule has 0 saturated carbocycles. The molecule has 0 radical (unpaired) electrons. The Hall–Kier alpha value is -1.81. The lowest BCUT2D eigenvalue weighted by atomic mass is 10.0. The molecule has 4 nitrogen and oxygen atoms in total. The zero-order chi connectivity index (χ0) is 13.7. The van der Waals surface area contributed by atoms with Crippen molar-refractivity contribution in [2.75, 3.05) is 14.2 Å². The average Bonchev–Trinajstić information content (AvgIpc) is 2.89. The smallest absolute Gasteiger partial charge is 0.118 e. The van der Waals surface area contributed by atoms with Gasteiger partial charge in [-0.1, -0.05) is 19.1 Å². The van der Waals surface area contributed by atoms with E-state index in [0.717, 1.165) is 18.7 Å². The summed E-state index contributed by atoms with van der Waals surface area (Å²) in [5.74, 6) is 0.875. The quantitative estimate of drug-likeness (QED) is 0.866. The van der Waals surface area contributed by atoms with Gasteiger partial charge in [0.05, 0.1) is 19.3 Å². The summed E-state index contributed by atoms with van der Waals surface area (Å²) in [6.07, 6.45) is 5.13. The van der Waals surface area contributed by atoms with E-state index in [9.17, 15) is 0 Å². The van der Waals surface area contributed by atoms with Crippen LogP contribution in [0.4, 0.5) is 0 Å². The van der Waals surface area contributed by atoms with Gasteiger partial charge in [-0.25, -0.2) is 0 Å². The van der Waals surface area contributed by atoms with E-state index in [4.69, 9.17) is 4.74 Å². The molecule has 102 valence electrons. The van der Waals surface area contributed by atoms with Crippen molar-refractivity contribution in [1.82, 2.24) is 15.1 Å². The molecule has 0 aliphatic carbocycles. The first-order valence-electron chi connectivity index (χ1n) is 6.62. The summed E-state index contributed by atoms with van der Waals surface area (Å²) < 4.78 is 7.18. The van der Waals surface area contributed by atoms with E-state index in [-0.39, 0.29) is 6.04 Å². The maximum atomic E-state index is 5.19. The third-order valence-corrected chi connectivity index (χ3v) is 3.18. The van der Waals surface area contributed by atoms with Crippen molar-refractivity contribution in [3.63, 3.8) is 0 Å². The van der Waals surface area contributed by atoms with Gasteiger partial charge in [0.15, 0.2) is 0 Å². The van der Waals surface area contributed by atoms with E-state index in [1.807, 2.05) is 30.1 Å². The van der Waals surface area contributed by atoms with Crippen molar-refractivity contribution >= 4 is 0 Å². The van der Waals surface area contributed by atoms with Gasteiger partial charge in [0.2, 0.25) is 0 Å². The highest BCUT2D eigenvalue weighted by atomic mass is 16.5. The van der Waals surface area contributed by atoms with Gasteiger partial charge < -0.3 is 10.1 Å². The van der Waals surface area contributed by atoms with Crippen molar-refractivity contribution in [1.29, 1.82) is 0 Å². The minimum atomic E-state index is 0.163. The Kier molecular flexibility index (Phi) is 4.58. The van der Waals surface area contributed by atoms with Gasteiger partial charge >= 0.3 is 0 Å². The van der Waals surface area contributed by atoms with Gasteiger partial charge in [-0.05, 0) is 31.2 Å². The molecule has 2 aromatic rings. The summed E-state index contributed by atoms with van der Waals surface area (Å²) >= 11 is 0. The Morgan fingerprint density at radius 1 is 1.26 bits per heavy atom. The lowest BCUT2D eigenvalue weighted by molar-refractivity contribution is 0.414. The molecule has 1 aromatic carbocycles. The molecule has 4 heteroatoms. The van der Waals surface area contributed by atoms with Crippen LogP contribution in [0.2, 0.25) is 0 Å². The summed E-state index contributed by atoms with van der Waals surface area (Å²) in [7, 11) is 3.64. The molecular formula is C15H21N3O. The van der Waals surface area contributed by atoms with E-state index < -0.39 is 0 Å². The number of hydrogen-bond donors (Lipinski definition) is 1. The van der Waals surface area contributed by atoms with Crippen LogP contribution < -0.4 is 10.1 Å². The van der Waals surface area contributed by atoms with Crippen molar-refractivity contribution in [3.05, 3.63) is 47.8 Å². The van der Waals surface area contributed by atoms with E-state index in [0.29, 0.717) is 0 Å². The van der Waals surface area contributed by atoms with Crippen molar-refractivity contribution in [3.8, 4) is 5.75 Å². The molecule has 1 N–H and O–H groups in total. The predicted molar refractivity (Wildman–Crippen MR) is 76.4 cm³/mol. The molecule has 0 spiro atoms. The van der Waals surface area contributed by atoms with Crippen molar-refractivity contribution in [2.24, 2.45) is 0 Å². The van der Waals surface area contributed by atoms with Crippen LogP contribution >= 0.6 is 0 Å². The normalized spacial score (nSPS) is 12.4. The van der Waals surface area contributed by atoms with Gasteiger partial charge in [-0.15, -0.1) is 0 Å². The molecular weight excluding hydrogens is 238 g/mol. The van der Waals surface area contributed by atoms with Crippen LogP contribution in [0.25, 0.3) is 0 Å². The fraction of sp³-hybridized carbons (Fsp3) is 0.400. The van der Waals surface area contributed by atoms with E-state index in [2.05, 4.69) is 35.7 Å². The van der Waals surface area contributed by atoms with Gasteiger partial charge in [0.1, 0.15) is 5.75 Å². The molecule has 1 heterocycles. The minimum Gasteiger partial charge on any atom is -0.497 e. The first-order valence-corrected chi connectivity index (χ1v) is 6.62. The van der Waals surface area contributed by atoms with Gasteiger partial charge in [-0.2, -0.15) is 5.10 Å². The van der Waals surface area contributed by atoms with Gasteiger partial charge in [-0.3, -0.25) is 4.68 Å². The van der Waals surface area contributed by atoms with Crippen molar-refractivity contribution < 1.29 is 4.74 Å².